The average molecular weight is 1840 g/mol. The molecule has 0 fully saturated rings. The summed E-state index contributed by atoms with van der Waals surface area (Å²) in [5.41, 5.74) is 6.21. The van der Waals surface area contributed by atoms with E-state index in [1.54, 1.807) is 223 Å². The zero-order valence-electron chi connectivity index (χ0n) is 67.0. The summed E-state index contributed by atoms with van der Waals surface area (Å²) in [5.74, 6) is -2.20. The first-order chi connectivity index (χ1) is 54.3. The Hall–Kier alpha value is -12.6. The summed E-state index contributed by atoms with van der Waals surface area (Å²) in [6.45, 7) is 10.5. The molecule has 0 aliphatic heterocycles. The Morgan fingerprint density at radius 3 is 0.880 bits per heavy atom. The van der Waals surface area contributed by atoms with Crippen molar-refractivity contribution in [3.05, 3.63) is 233 Å². The summed E-state index contributed by atoms with van der Waals surface area (Å²) >= 11 is 0. The first kappa shape index (κ1) is 88.4. The van der Waals surface area contributed by atoms with Crippen LogP contribution in [-0.2, 0) is 195 Å². The number of rotatable bonds is 34. The van der Waals surface area contributed by atoms with Crippen molar-refractivity contribution in [3.8, 4) is 0 Å². The van der Waals surface area contributed by atoms with Crippen LogP contribution in [0.1, 0.15) is 198 Å². The number of aromatic nitrogens is 20. The van der Waals surface area contributed by atoms with Crippen LogP contribution in [0.2, 0.25) is 0 Å². The number of nitrogens with one attached hydrogen (secondary N) is 3. The molecule has 12 rings (SSSR count). The number of hydrogen-bond donors (Lipinski definition) is 3. The Kier molecular flexibility index (Phi) is 27.9. The number of hydrogen-bond acceptors (Lipinski definition) is 22. The molecule has 117 heavy (non-hydrogen) atoms. The molecule has 0 unspecified atom stereocenters. The molecule has 12 aromatic rings. The minimum atomic E-state index is -0.418. The van der Waals surface area contributed by atoms with Crippen LogP contribution in [0, 0.1) is 13.8 Å². The Morgan fingerprint density at radius 1 is 0.325 bits per heavy atom. The zero-order valence-corrected chi connectivity index (χ0v) is 72.7. The predicted octanol–water partition coefficient (Wildman–Crippen LogP) is 5.29. The van der Waals surface area contributed by atoms with Gasteiger partial charge in [0.2, 0.25) is 46.3 Å². The molecule has 0 saturated carbocycles. The number of amides is 2. The SMILES string of the molecule is CC(=O)CCNc1cn(C)c(C(=O)Cc2cn(C)c(C(=O)Cc3cn(C)c(C(=O)Cc4cn(C)c(C(=O)Cc5cc(C(=O)Nc6cc(C(C)=O)n(C)c6)n(C)c5)n4)n3)n2)n1.[CH2-]C(=O)c1cc(NC(=O)c2cc(CC(=O)c3nc(CC(=O)c4nc(CC(=O)c5nc(CC(=O)c6nc([CH2-])cn6C)cn5C)cn4C)cn3C)cn2C)cn1C.[W].[Y]. The van der Waals surface area contributed by atoms with Crippen LogP contribution in [-0.4, -0.2) is 177 Å². The molecule has 12 heterocycles. The van der Waals surface area contributed by atoms with E-state index in [-0.39, 0.29) is 215 Å². The van der Waals surface area contributed by atoms with Gasteiger partial charge in [0.15, 0.2) is 52.4 Å². The molecule has 0 spiro atoms. The molecule has 1 radical (unpaired) electrons. The van der Waals surface area contributed by atoms with Gasteiger partial charge < -0.3 is 75.6 Å². The maximum Gasteiger partial charge on any atom is 0.272 e. The summed E-state index contributed by atoms with van der Waals surface area (Å²) in [6, 6.07) is 6.36. The van der Waals surface area contributed by atoms with Crippen molar-refractivity contribution in [2.24, 2.45) is 84.6 Å². The fourth-order valence-corrected chi connectivity index (χ4v) is 13.4. The largest absolute Gasteiger partial charge is 0.424 e. The minimum Gasteiger partial charge on any atom is -0.424 e. The number of imidazole rings is 8. The molecular formula is C79H85N23O13WY-2. The molecular weight excluding hydrogens is 1750 g/mol. The van der Waals surface area contributed by atoms with Gasteiger partial charge in [0.1, 0.15) is 23.0 Å². The average Bonchev–Trinajstić information content (AvgIpc) is 1.69. The summed E-state index contributed by atoms with van der Waals surface area (Å²) in [5, 5.41) is 8.58. The van der Waals surface area contributed by atoms with E-state index in [0.29, 0.717) is 104 Å². The standard InChI is InChI=1S/C41H46N12O7.C38H39N11O6.W.Y/c1-23(54)9-10-42-36-22-53(8)40(47-36)35(59)16-29-21-52(7)39(45-29)34(58)15-28-20-51(6)38(44-28)33(57)14-27-19-50(5)37(43-27)32(56)12-25-11-31(48(3)17-25)41(60)46-26-13-30(24(2)55)49(4)18-26;1-21-15-46(5)34(39-21)31(52)12-25-19-48(7)36(41-25)33(54)14-27-20-49(8)37(42-27)32(53)13-26-18-47(6)35(40-26)30(51)10-23-9-29(44(3)16-23)38(55)43-24-11-28(22(2)50)45(4)17-24;;/h11,13,17-22,42H,9-10,12,14-16H2,1-8H3,(H,46,60);9,11,15-20H,1-2,10,12-14H2,3-8H3,(H,43,55);;/q;-2;;. The van der Waals surface area contributed by atoms with Gasteiger partial charge in [-0.3, -0.25) is 62.5 Å². The fourth-order valence-electron chi connectivity index (χ4n) is 13.4. The number of Topliss-reactive ketones (excluding diaryl/α,β-unsaturated/α-hetero) is 11. The summed E-state index contributed by atoms with van der Waals surface area (Å²) in [4.78, 5) is 202. The number of aryl methyl sites for hydroxylation is 12. The summed E-state index contributed by atoms with van der Waals surface area (Å²) in [6.07, 6.45) is 19.1. The van der Waals surface area contributed by atoms with Gasteiger partial charge in [-0.25, -0.2) is 41.8 Å². The van der Waals surface area contributed by atoms with Crippen LogP contribution >= 0.6 is 0 Å². The molecule has 605 valence electrons. The van der Waals surface area contributed by atoms with Gasteiger partial charge >= 0.3 is 0 Å². The Labute approximate surface area is 710 Å². The first-order valence-corrected chi connectivity index (χ1v) is 36.0. The third-order valence-corrected chi connectivity index (χ3v) is 18.7. The van der Waals surface area contributed by atoms with Crippen molar-refractivity contribution < 1.29 is 116 Å². The van der Waals surface area contributed by atoms with E-state index in [4.69, 9.17) is 0 Å². The van der Waals surface area contributed by atoms with Gasteiger partial charge in [0.05, 0.1) is 84.1 Å². The topological polar surface area (TPSA) is 420 Å². The molecule has 0 atom stereocenters. The second-order valence-electron chi connectivity index (χ2n) is 28.4. The van der Waals surface area contributed by atoms with Gasteiger partial charge in [0, 0.05) is 237 Å². The summed E-state index contributed by atoms with van der Waals surface area (Å²) in [7, 11) is 20.1. The molecule has 2 amide bonds. The number of nitrogens with zero attached hydrogens (tertiary/aromatic N) is 20. The zero-order chi connectivity index (χ0) is 83.5. The first-order valence-electron chi connectivity index (χ1n) is 36.0. The van der Waals surface area contributed by atoms with Crippen molar-refractivity contribution in [3.63, 3.8) is 0 Å². The van der Waals surface area contributed by atoms with Crippen LogP contribution in [0.5, 0.6) is 0 Å². The Morgan fingerprint density at radius 2 is 0.598 bits per heavy atom. The molecule has 3 N–H and O–H groups in total. The van der Waals surface area contributed by atoms with Gasteiger partial charge in [-0.05, 0) is 50.3 Å². The van der Waals surface area contributed by atoms with Gasteiger partial charge in [0.25, 0.3) is 11.8 Å². The maximum atomic E-state index is 13.4. The molecule has 36 nitrogen and oxygen atoms in total. The third-order valence-electron chi connectivity index (χ3n) is 18.7. The van der Waals surface area contributed by atoms with E-state index in [1.165, 1.54) is 29.0 Å². The van der Waals surface area contributed by atoms with Crippen molar-refractivity contribution in [2.75, 3.05) is 22.5 Å². The number of ketones is 11. The van der Waals surface area contributed by atoms with Gasteiger partial charge in [-0.2, -0.15) is 6.92 Å². The quantitative estimate of drug-likeness (QED) is 0.0340. The smallest absolute Gasteiger partial charge is 0.272 e. The normalized spacial score (nSPS) is 11.0. The van der Waals surface area contributed by atoms with Crippen LogP contribution in [0.25, 0.3) is 0 Å². The van der Waals surface area contributed by atoms with Crippen molar-refractivity contribution >= 4 is 92.6 Å². The van der Waals surface area contributed by atoms with E-state index in [9.17, 15) is 62.3 Å². The summed E-state index contributed by atoms with van der Waals surface area (Å²) < 4.78 is 18.9. The van der Waals surface area contributed by atoms with Crippen LogP contribution in [0.3, 0.4) is 0 Å². The molecule has 0 aliphatic carbocycles. The molecule has 0 aliphatic rings. The van der Waals surface area contributed by atoms with Crippen molar-refractivity contribution in [1.29, 1.82) is 0 Å². The monoisotopic (exact) mass is 1840 g/mol. The second-order valence-corrected chi connectivity index (χ2v) is 28.4. The van der Waals surface area contributed by atoms with Crippen molar-refractivity contribution in [2.45, 2.75) is 71.6 Å². The van der Waals surface area contributed by atoms with Crippen LogP contribution < -0.4 is 16.0 Å². The van der Waals surface area contributed by atoms with E-state index >= 15 is 0 Å². The Bertz CT molecular complexity index is 5960. The molecule has 12 aromatic heterocycles. The molecule has 0 saturated heterocycles. The van der Waals surface area contributed by atoms with Gasteiger partial charge in [-0.15, -0.1) is 6.20 Å². The predicted molar refractivity (Wildman–Crippen MR) is 415 cm³/mol. The number of anilines is 3. The van der Waals surface area contributed by atoms with Crippen LogP contribution in [0.15, 0.2) is 98.6 Å². The van der Waals surface area contributed by atoms with Crippen molar-refractivity contribution in [1.82, 2.24) is 94.7 Å². The van der Waals surface area contributed by atoms with Crippen LogP contribution in [0.4, 0.5) is 17.2 Å². The fraction of sp³-hybridized carbons (Fsp3) is 0.304. The van der Waals surface area contributed by atoms with E-state index < -0.39 is 11.8 Å². The number of carbonyl (C=O) groups is 13. The molecule has 0 bridgehead atoms. The molecule has 0 aromatic carbocycles. The van der Waals surface area contributed by atoms with E-state index in [0.717, 1.165) is 0 Å². The third kappa shape index (κ3) is 20.9. The van der Waals surface area contributed by atoms with Gasteiger partial charge in [-0.1, -0.05) is 17.5 Å². The second kappa shape index (κ2) is 36.9. The number of carbonyl (C=O) groups excluding carboxylic acids is 13. The van der Waals surface area contributed by atoms with E-state index in [1.807, 2.05) is 0 Å². The molecule has 38 heteroatoms. The Balaban J connectivity index is 0.000000264. The minimum absolute atomic E-state index is 0. The maximum absolute atomic E-state index is 13.4. The van der Waals surface area contributed by atoms with E-state index in [2.05, 4.69) is 69.7 Å².